The number of sulfonamides is 1. The molecule has 0 aliphatic rings. The van der Waals surface area contributed by atoms with Crippen LogP contribution in [-0.2, 0) is 26.7 Å². The summed E-state index contributed by atoms with van der Waals surface area (Å²) in [6.07, 6.45) is 0. The lowest BCUT2D eigenvalue weighted by Gasteiger charge is -2.40. The standard InChI is InChI=1S/C24H35NO5S/c1-22(2,3)18-10-12-19(13-11-18)24(6,23(4,5)26)31(27,28)25-16-17-9-14-20(29-7)15-21(17)30-8/h9-15,25-26H,16H2,1-8H3. The summed E-state index contributed by atoms with van der Waals surface area (Å²) in [6, 6.07) is 12.6. The quantitative estimate of drug-likeness (QED) is 0.634. The summed E-state index contributed by atoms with van der Waals surface area (Å²) >= 11 is 0. The van der Waals surface area contributed by atoms with Crippen LogP contribution in [0.15, 0.2) is 42.5 Å². The third kappa shape index (κ3) is 5.05. The van der Waals surface area contributed by atoms with E-state index in [1.165, 1.54) is 21.0 Å². The highest BCUT2D eigenvalue weighted by Crippen LogP contribution is 2.41. The Morgan fingerprint density at radius 1 is 0.871 bits per heavy atom. The molecule has 172 valence electrons. The van der Waals surface area contributed by atoms with Gasteiger partial charge in [-0.25, -0.2) is 13.1 Å². The fraction of sp³-hybridized carbons (Fsp3) is 0.500. The van der Waals surface area contributed by atoms with Crippen LogP contribution in [0, 0.1) is 0 Å². The van der Waals surface area contributed by atoms with E-state index in [2.05, 4.69) is 25.5 Å². The molecule has 0 saturated carbocycles. The molecule has 2 N–H and O–H groups in total. The molecule has 0 radical (unpaired) electrons. The van der Waals surface area contributed by atoms with Gasteiger partial charge in [0.2, 0.25) is 10.0 Å². The molecule has 0 saturated heterocycles. The van der Waals surface area contributed by atoms with Gasteiger partial charge in [0, 0.05) is 18.2 Å². The number of rotatable bonds is 8. The smallest absolute Gasteiger partial charge is 0.224 e. The molecule has 0 aromatic heterocycles. The number of hydrogen-bond acceptors (Lipinski definition) is 5. The van der Waals surface area contributed by atoms with E-state index < -0.39 is 20.4 Å². The summed E-state index contributed by atoms with van der Waals surface area (Å²) < 4.78 is 38.7. The third-order valence-electron chi connectivity index (χ3n) is 5.95. The molecule has 0 aliphatic heterocycles. The van der Waals surface area contributed by atoms with E-state index in [0.29, 0.717) is 22.6 Å². The first-order valence-corrected chi connectivity index (χ1v) is 11.7. The van der Waals surface area contributed by atoms with Gasteiger partial charge in [-0.05, 0) is 43.4 Å². The van der Waals surface area contributed by atoms with Crippen LogP contribution in [0.3, 0.4) is 0 Å². The highest BCUT2D eigenvalue weighted by molar-refractivity contribution is 7.90. The van der Waals surface area contributed by atoms with Crippen LogP contribution in [0.1, 0.15) is 58.2 Å². The van der Waals surface area contributed by atoms with Gasteiger partial charge in [0.15, 0.2) is 0 Å². The maximum absolute atomic E-state index is 13.5. The van der Waals surface area contributed by atoms with Crippen molar-refractivity contribution in [1.82, 2.24) is 4.72 Å². The molecular formula is C24H35NO5S. The maximum atomic E-state index is 13.5. The van der Waals surface area contributed by atoms with Gasteiger partial charge >= 0.3 is 0 Å². The average molecular weight is 450 g/mol. The summed E-state index contributed by atoms with van der Waals surface area (Å²) in [5, 5.41) is 11.0. The lowest BCUT2D eigenvalue weighted by Crippen LogP contribution is -2.55. The molecule has 6 nitrogen and oxygen atoms in total. The van der Waals surface area contributed by atoms with E-state index in [1.54, 1.807) is 44.4 Å². The monoisotopic (exact) mass is 449 g/mol. The zero-order chi connectivity index (χ0) is 23.7. The Hall–Kier alpha value is -2.09. The largest absolute Gasteiger partial charge is 0.497 e. The van der Waals surface area contributed by atoms with Crippen molar-refractivity contribution in [3.05, 3.63) is 59.2 Å². The normalized spacial score (nSPS) is 14.7. The van der Waals surface area contributed by atoms with Crippen molar-refractivity contribution in [2.75, 3.05) is 14.2 Å². The van der Waals surface area contributed by atoms with Crippen LogP contribution in [-0.4, -0.2) is 33.3 Å². The molecular weight excluding hydrogens is 414 g/mol. The maximum Gasteiger partial charge on any atom is 0.224 e. The summed E-state index contributed by atoms with van der Waals surface area (Å²) in [6.45, 7) is 10.9. The van der Waals surface area contributed by atoms with Crippen molar-refractivity contribution >= 4 is 10.0 Å². The first-order chi connectivity index (χ1) is 14.2. The predicted molar refractivity (Wildman–Crippen MR) is 124 cm³/mol. The second-order valence-electron chi connectivity index (χ2n) is 9.42. The van der Waals surface area contributed by atoms with Gasteiger partial charge in [-0.2, -0.15) is 0 Å². The molecule has 0 spiro atoms. The SMILES string of the molecule is COc1ccc(CNS(=O)(=O)C(C)(c2ccc(C(C)(C)C)cc2)C(C)(C)O)c(OC)c1. The van der Waals surface area contributed by atoms with Crippen LogP contribution in [0.25, 0.3) is 0 Å². The molecule has 7 heteroatoms. The Bertz CT molecular complexity index is 1000. The second-order valence-corrected chi connectivity index (χ2v) is 11.5. The van der Waals surface area contributed by atoms with Crippen LogP contribution in [0.4, 0.5) is 0 Å². The lowest BCUT2D eigenvalue weighted by molar-refractivity contribution is 0.0367. The van der Waals surface area contributed by atoms with E-state index in [0.717, 1.165) is 5.56 Å². The molecule has 0 heterocycles. The number of aliphatic hydroxyl groups is 1. The van der Waals surface area contributed by atoms with E-state index in [9.17, 15) is 13.5 Å². The fourth-order valence-corrected chi connectivity index (χ4v) is 5.18. The van der Waals surface area contributed by atoms with Crippen LogP contribution in [0.5, 0.6) is 11.5 Å². The lowest BCUT2D eigenvalue weighted by atomic mass is 9.82. The van der Waals surface area contributed by atoms with Gasteiger partial charge in [-0.1, -0.05) is 51.1 Å². The highest BCUT2D eigenvalue weighted by atomic mass is 32.2. The van der Waals surface area contributed by atoms with Crippen LogP contribution < -0.4 is 14.2 Å². The Balaban J connectivity index is 2.44. The molecule has 0 aliphatic carbocycles. The first-order valence-electron chi connectivity index (χ1n) is 10.2. The Morgan fingerprint density at radius 2 is 1.42 bits per heavy atom. The van der Waals surface area contributed by atoms with Crippen molar-refractivity contribution in [2.24, 2.45) is 0 Å². The van der Waals surface area contributed by atoms with E-state index in [4.69, 9.17) is 9.47 Å². The zero-order valence-corrected chi connectivity index (χ0v) is 20.6. The molecule has 0 amide bonds. The average Bonchev–Trinajstić information content (AvgIpc) is 2.70. The van der Waals surface area contributed by atoms with Gasteiger partial charge in [0.1, 0.15) is 16.2 Å². The van der Waals surface area contributed by atoms with E-state index in [1.807, 2.05) is 12.1 Å². The summed E-state index contributed by atoms with van der Waals surface area (Å²) in [5.74, 6) is 1.13. The number of hydrogen-bond donors (Lipinski definition) is 2. The van der Waals surface area contributed by atoms with Crippen molar-refractivity contribution in [3.63, 3.8) is 0 Å². The Kier molecular flexibility index (Phi) is 7.15. The fourth-order valence-electron chi connectivity index (χ4n) is 3.44. The van der Waals surface area contributed by atoms with Crippen molar-refractivity contribution < 1.29 is 23.0 Å². The Labute approximate surface area is 186 Å². The minimum atomic E-state index is -4.01. The topological polar surface area (TPSA) is 84.9 Å². The minimum Gasteiger partial charge on any atom is -0.497 e. The van der Waals surface area contributed by atoms with Crippen LogP contribution >= 0.6 is 0 Å². The molecule has 0 bridgehead atoms. The summed E-state index contributed by atoms with van der Waals surface area (Å²) in [5.41, 5.74) is 0.649. The van der Waals surface area contributed by atoms with Gasteiger partial charge in [-0.15, -0.1) is 0 Å². The van der Waals surface area contributed by atoms with Crippen molar-refractivity contribution in [3.8, 4) is 11.5 Å². The highest BCUT2D eigenvalue weighted by Gasteiger charge is 2.52. The number of nitrogens with one attached hydrogen (secondary N) is 1. The van der Waals surface area contributed by atoms with Crippen LogP contribution in [0.2, 0.25) is 0 Å². The van der Waals surface area contributed by atoms with Gasteiger partial charge in [0.05, 0.1) is 19.8 Å². The number of ether oxygens (including phenoxy) is 2. The van der Waals surface area contributed by atoms with Crippen molar-refractivity contribution in [1.29, 1.82) is 0 Å². The molecule has 0 fully saturated rings. The molecule has 2 aromatic rings. The molecule has 31 heavy (non-hydrogen) atoms. The summed E-state index contributed by atoms with van der Waals surface area (Å²) in [7, 11) is -0.936. The molecule has 2 rings (SSSR count). The predicted octanol–water partition coefficient (Wildman–Crippen LogP) is 4.11. The van der Waals surface area contributed by atoms with Crippen molar-refractivity contribution in [2.45, 2.75) is 63.9 Å². The second kappa shape index (κ2) is 8.81. The minimum absolute atomic E-state index is 0.0151. The number of methoxy groups -OCH3 is 2. The Morgan fingerprint density at radius 3 is 1.87 bits per heavy atom. The van der Waals surface area contributed by atoms with Gasteiger partial charge in [0.25, 0.3) is 0 Å². The summed E-state index contributed by atoms with van der Waals surface area (Å²) in [4.78, 5) is 0. The van der Waals surface area contributed by atoms with Gasteiger partial charge in [-0.3, -0.25) is 0 Å². The van der Waals surface area contributed by atoms with E-state index >= 15 is 0 Å². The van der Waals surface area contributed by atoms with E-state index in [-0.39, 0.29) is 12.0 Å². The molecule has 1 unspecified atom stereocenters. The molecule has 1 atom stereocenters. The van der Waals surface area contributed by atoms with Gasteiger partial charge < -0.3 is 14.6 Å². The molecule has 2 aromatic carbocycles. The number of benzene rings is 2. The first kappa shape index (κ1) is 25.2. The third-order valence-corrected chi connectivity index (χ3v) is 8.29. The zero-order valence-electron chi connectivity index (χ0n) is 19.7.